The molecule has 1 amide bonds. The van der Waals surface area contributed by atoms with Crippen LogP contribution in [0, 0.1) is 11.6 Å². The van der Waals surface area contributed by atoms with Crippen LogP contribution in [-0.2, 0) is 14.6 Å². The number of amides is 1. The fourth-order valence-corrected chi connectivity index (χ4v) is 4.82. The lowest BCUT2D eigenvalue weighted by Crippen LogP contribution is -2.34. The van der Waals surface area contributed by atoms with Crippen molar-refractivity contribution in [1.29, 1.82) is 0 Å². The van der Waals surface area contributed by atoms with Gasteiger partial charge in [-0.05, 0) is 36.4 Å². The number of para-hydroxylation sites is 2. The van der Waals surface area contributed by atoms with Crippen molar-refractivity contribution in [2.45, 2.75) is 9.79 Å². The summed E-state index contributed by atoms with van der Waals surface area (Å²) in [4.78, 5) is 14.2. The molecule has 4 rings (SSSR count). The Kier molecular flexibility index (Phi) is 4.35. The molecule has 0 fully saturated rings. The number of sulfone groups is 1. The zero-order valence-electron chi connectivity index (χ0n) is 14.4. The average Bonchev–Trinajstić information content (AvgIpc) is 2.68. The van der Waals surface area contributed by atoms with E-state index in [1.807, 2.05) is 0 Å². The summed E-state index contributed by atoms with van der Waals surface area (Å²) in [5.74, 6) is -2.07. The van der Waals surface area contributed by atoms with Gasteiger partial charge >= 0.3 is 0 Å². The molecule has 0 bridgehead atoms. The Balaban J connectivity index is 1.72. The first-order chi connectivity index (χ1) is 13.4. The van der Waals surface area contributed by atoms with Crippen LogP contribution in [-0.4, -0.2) is 20.9 Å². The molecule has 1 aliphatic heterocycles. The van der Waals surface area contributed by atoms with Gasteiger partial charge in [-0.2, -0.15) is 0 Å². The van der Waals surface area contributed by atoms with Crippen molar-refractivity contribution in [2.75, 3.05) is 16.8 Å². The Morgan fingerprint density at radius 3 is 2.07 bits per heavy atom. The second-order valence-corrected chi connectivity index (χ2v) is 8.08. The summed E-state index contributed by atoms with van der Waals surface area (Å²) < 4.78 is 52.9. The zero-order valence-corrected chi connectivity index (χ0v) is 15.2. The van der Waals surface area contributed by atoms with E-state index < -0.39 is 27.4 Å². The molecule has 0 atom stereocenters. The molecule has 0 spiro atoms. The number of hydrogen-bond acceptors (Lipinski definition) is 4. The number of hydrogen-bond donors (Lipinski definition) is 1. The molecule has 0 saturated heterocycles. The van der Waals surface area contributed by atoms with Gasteiger partial charge in [0.05, 0.1) is 26.9 Å². The van der Waals surface area contributed by atoms with Crippen LogP contribution in [0.1, 0.15) is 0 Å². The predicted molar refractivity (Wildman–Crippen MR) is 100 cm³/mol. The summed E-state index contributed by atoms with van der Waals surface area (Å²) in [6.07, 6.45) is 0. The minimum absolute atomic E-state index is 0.0819. The van der Waals surface area contributed by atoms with E-state index in [4.69, 9.17) is 0 Å². The van der Waals surface area contributed by atoms with Gasteiger partial charge in [0.1, 0.15) is 18.2 Å². The van der Waals surface area contributed by atoms with Crippen molar-refractivity contribution in [3.8, 4) is 0 Å². The minimum Gasteiger partial charge on any atom is -0.330 e. The van der Waals surface area contributed by atoms with Crippen molar-refractivity contribution in [3.63, 3.8) is 0 Å². The Bertz CT molecular complexity index is 1140. The van der Waals surface area contributed by atoms with E-state index >= 15 is 0 Å². The van der Waals surface area contributed by atoms with Gasteiger partial charge in [-0.15, -0.1) is 0 Å². The minimum atomic E-state index is -3.72. The van der Waals surface area contributed by atoms with Gasteiger partial charge in [-0.25, -0.2) is 17.2 Å². The zero-order chi connectivity index (χ0) is 19.9. The first-order valence-electron chi connectivity index (χ1n) is 8.33. The third-order valence-corrected chi connectivity index (χ3v) is 6.24. The fourth-order valence-electron chi connectivity index (χ4n) is 3.16. The van der Waals surface area contributed by atoms with Crippen molar-refractivity contribution in [2.24, 2.45) is 0 Å². The lowest BCUT2D eigenvalue weighted by molar-refractivity contribution is -0.114. The quantitative estimate of drug-likeness (QED) is 0.725. The van der Waals surface area contributed by atoms with E-state index in [1.165, 1.54) is 17.0 Å². The largest absolute Gasteiger partial charge is 0.330 e. The van der Waals surface area contributed by atoms with Crippen LogP contribution in [0.5, 0.6) is 0 Å². The number of carbonyl (C=O) groups is 1. The summed E-state index contributed by atoms with van der Waals surface area (Å²) in [6, 6.07) is 15.4. The molecular weight excluding hydrogens is 386 g/mol. The number of nitrogens with one attached hydrogen (secondary N) is 1. The number of rotatable bonds is 3. The number of anilines is 3. The van der Waals surface area contributed by atoms with Crippen LogP contribution in [0.3, 0.4) is 0 Å². The van der Waals surface area contributed by atoms with Crippen LogP contribution in [0.2, 0.25) is 0 Å². The van der Waals surface area contributed by atoms with E-state index in [2.05, 4.69) is 5.32 Å². The Labute approximate surface area is 160 Å². The van der Waals surface area contributed by atoms with E-state index in [9.17, 15) is 22.0 Å². The van der Waals surface area contributed by atoms with Crippen LogP contribution < -0.4 is 10.2 Å². The van der Waals surface area contributed by atoms with Crippen molar-refractivity contribution in [3.05, 3.63) is 78.4 Å². The van der Waals surface area contributed by atoms with E-state index in [0.717, 1.165) is 18.2 Å². The van der Waals surface area contributed by atoms with Crippen LogP contribution >= 0.6 is 0 Å². The smallest absolute Gasteiger partial charge is 0.244 e. The SMILES string of the molecule is O=C(CN1c2ccccc2S(=O)(=O)c2ccccc21)Nc1cc(F)ccc1F. The number of benzene rings is 3. The van der Waals surface area contributed by atoms with E-state index in [0.29, 0.717) is 11.4 Å². The molecule has 0 saturated carbocycles. The number of carbonyl (C=O) groups excluding carboxylic acids is 1. The molecule has 1 aliphatic rings. The second kappa shape index (κ2) is 6.72. The summed E-state index contributed by atoms with van der Waals surface area (Å²) >= 11 is 0. The summed E-state index contributed by atoms with van der Waals surface area (Å²) in [6.45, 7) is -0.278. The third kappa shape index (κ3) is 3.01. The first kappa shape index (κ1) is 18.1. The van der Waals surface area contributed by atoms with Gasteiger partial charge in [0.25, 0.3) is 0 Å². The molecule has 0 aromatic heterocycles. The standard InChI is InChI=1S/C20H14F2N2O3S/c21-13-9-10-14(22)15(11-13)23-20(25)12-24-16-5-1-3-7-18(16)28(26,27)19-8-4-2-6-17(19)24/h1-11H,12H2,(H,23,25). The maximum absolute atomic E-state index is 13.8. The highest BCUT2D eigenvalue weighted by Gasteiger charge is 2.34. The monoisotopic (exact) mass is 400 g/mol. The highest BCUT2D eigenvalue weighted by atomic mass is 32.2. The lowest BCUT2D eigenvalue weighted by atomic mass is 10.2. The molecule has 1 N–H and O–H groups in total. The van der Waals surface area contributed by atoms with Crippen molar-refractivity contribution in [1.82, 2.24) is 0 Å². The van der Waals surface area contributed by atoms with Crippen LogP contribution in [0.25, 0.3) is 0 Å². The molecule has 142 valence electrons. The highest BCUT2D eigenvalue weighted by Crippen LogP contribution is 2.43. The molecule has 5 nitrogen and oxygen atoms in total. The second-order valence-electron chi connectivity index (χ2n) is 6.20. The van der Waals surface area contributed by atoms with Crippen LogP contribution in [0.4, 0.5) is 25.8 Å². The molecule has 0 radical (unpaired) electrons. The van der Waals surface area contributed by atoms with E-state index in [-0.39, 0.29) is 22.0 Å². The third-order valence-electron chi connectivity index (χ3n) is 4.40. The lowest BCUT2D eigenvalue weighted by Gasteiger charge is -2.32. The molecule has 28 heavy (non-hydrogen) atoms. The molecule has 3 aromatic rings. The number of fused-ring (bicyclic) bond motifs is 2. The Morgan fingerprint density at radius 1 is 0.893 bits per heavy atom. The molecule has 0 aliphatic carbocycles. The van der Waals surface area contributed by atoms with Gasteiger partial charge in [-0.1, -0.05) is 24.3 Å². The highest BCUT2D eigenvalue weighted by molar-refractivity contribution is 7.92. The van der Waals surface area contributed by atoms with Crippen LogP contribution in [0.15, 0.2) is 76.5 Å². The topological polar surface area (TPSA) is 66.5 Å². The maximum Gasteiger partial charge on any atom is 0.244 e. The summed E-state index contributed by atoms with van der Waals surface area (Å²) in [5, 5.41) is 2.34. The molecule has 8 heteroatoms. The van der Waals surface area contributed by atoms with Gasteiger partial charge < -0.3 is 10.2 Å². The summed E-state index contributed by atoms with van der Waals surface area (Å²) in [5.41, 5.74) is 0.406. The maximum atomic E-state index is 13.8. The Morgan fingerprint density at radius 2 is 1.46 bits per heavy atom. The van der Waals surface area contributed by atoms with Gasteiger partial charge in [-0.3, -0.25) is 4.79 Å². The van der Waals surface area contributed by atoms with E-state index in [1.54, 1.807) is 36.4 Å². The molecular formula is C20H14F2N2O3S. The van der Waals surface area contributed by atoms with Gasteiger partial charge in [0.2, 0.25) is 15.7 Å². The average molecular weight is 400 g/mol. The summed E-state index contributed by atoms with van der Waals surface area (Å²) in [7, 11) is -3.72. The van der Waals surface area contributed by atoms with Gasteiger partial charge in [0, 0.05) is 6.07 Å². The fraction of sp³-hybridized carbons (Fsp3) is 0.0500. The number of halogens is 2. The molecule has 3 aromatic carbocycles. The Hall–Kier alpha value is -3.26. The molecule has 0 unspecified atom stereocenters. The number of nitrogens with zero attached hydrogens (tertiary/aromatic N) is 1. The predicted octanol–water partition coefficient (Wildman–Crippen LogP) is 3.89. The normalized spacial score (nSPS) is 14.1. The van der Waals surface area contributed by atoms with Crippen molar-refractivity contribution >= 4 is 32.8 Å². The molecule has 1 heterocycles. The first-order valence-corrected chi connectivity index (χ1v) is 9.82. The van der Waals surface area contributed by atoms with Crippen molar-refractivity contribution < 1.29 is 22.0 Å². The van der Waals surface area contributed by atoms with Gasteiger partial charge in [0.15, 0.2) is 0 Å².